The van der Waals surface area contributed by atoms with E-state index in [0.717, 1.165) is 15.0 Å². The minimum absolute atomic E-state index is 0.0514. The van der Waals surface area contributed by atoms with Gasteiger partial charge in [-0.3, -0.25) is 4.79 Å². The van der Waals surface area contributed by atoms with Crippen LogP contribution in [0.15, 0.2) is 72.8 Å². The van der Waals surface area contributed by atoms with Gasteiger partial charge in [0.1, 0.15) is 17.2 Å². The van der Waals surface area contributed by atoms with Crippen molar-refractivity contribution < 1.29 is 14.3 Å². The normalized spacial score (nSPS) is 10.2. The number of rotatable bonds is 6. The SMILES string of the molecule is Cc1ccc(Oc2ccc(OCC(=O)Nc3ccc(I)cc3)cc2)cc1. The van der Waals surface area contributed by atoms with Crippen molar-refractivity contribution in [1.29, 1.82) is 0 Å². The second kappa shape index (κ2) is 8.71. The molecule has 0 aliphatic rings. The number of carbonyl (C=O) groups is 1. The summed E-state index contributed by atoms with van der Waals surface area (Å²) in [5, 5.41) is 2.80. The highest BCUT2D eigenvalue weighted by Gasteiger charge is 2.04. The third-order valence-electron chi connectivity index (χ3n) is 3.58. The lowest BCUT2D eigenvalue weighted by Gasteiger charge is -2.09. The van der Waals surface area contributed by atoms with Crippen molar-refractivity contribution >= 4 is 34.2 Å². The molecule has 3 rings (SSSR count). The van der Waals surface area contributed by atoms with E-state index < -0.39 is 0 Å². The average Bonchev–Trinajstić information content (AvgIpc) is 2.65. The van der Waals surface area contributed by atoms with E-state index in [9.17, 15) is 4.79 Å². The smallest absolute Gasteiger partial charge is 0.262 e. The van der Waals surface area contributed by atoms with Crippen LogP contribution >= 0.6 is 22.6 Å². The molecule has 1 N–H and O–H groups in total. The summed E-state index contributed by atoms with van der Waals surface area (Å²) in [4.78, 5) is 11.9. The zero-order valence-electron chi connectivity index (χ0n) is 14.2. The van der Waals surface area contributed by atoms with Gasteiger partial charge < -0.3 is 14.8 Å². The molecule has 0 atom stereocenters. The van der Waals surface area contributed by atoms with E-state index in [-0.39, 0.29) is 12.5 Å². The summed E-state index contributed by atoms with van der Waals surface area (Å²) < 4.78 is 12.4. The molecule has 0 fully saturated rings. The third kappa shape index (κ3) is 5.49. The molecule has 0 aliphatic carbocycles. The van der Waals surface area contributed by atoms with Gasteiger partial charge in [-0.1, -0.05) is 17.7 Å². The van der Waals surface area contributed by atoms with Gasteiger partial charge in [-0.05, 0) is 90.2 Å². The van der Waals surface area contributed by atoms with E-state index in [1.807, 2.05) is 67.6 Å². The number of benzene rings is 3. The Labute approximate surface area is 166 Å². The van der Waals surface area contributed by atoms with Crippen molar-refractivity contribution in [1.82, 2.24) is 0 Å². The number of hydrogen-bond acceptors (Lipinski definition) is 3. The Kier molecular flexibility index (Phi) is 6.12. The summed E-state index contributed by atoms with van der Waals surface area (Å²) in [6.07, 6.45) is 0. The van der Waals surface area contributed by atoms with Gasteiger partial charge in [0.05, 0.1) is 0 Å². The molecule has 0 unspecified atom stereocenters. The Morgan fingerprint density at radius 1 is 0.846 bits per heavy atom. The van der Waals surface area contributed by atoms with Crippen molar-refractivity contribution in [3.05, 3.63) is 81.9 Å². The fourth-order valence-corrected chi connectivity index (χ4v) is 2.59. The topological polar surface area (TPSA) is 47.6 Å². The quantitative estimate of drug-likeness (QED) is 0.502. The Morgan fingerprint density at radius 2 is 1.38 bits per heavy atom. The molecular weight excluding hydrogens is 441 g/mol. The van der Waals surface area contributed by atoms with Gasteiger partial charge >= 0.3 is 0 Å². The molecule has 0 aliphatic heterocycles. The average molecular weight is 459 g/mol. The molecule has 0 aromatic heterocycles. The molecule has 0 spiro atoms. The highest BCUT2D eigenvalue weighted by molar-refractivity contribution is 14.1. The van der Waals surface area contributed by atoms with Crippen LogP contribution in [0.4, 0.5) is 5.69 Å². The van der Waals surface area contributed by atoms with Crippen LogP contribution in [0.1, 0.15) is 5.56 Å². The van der Waals surface area contributed by atoms with Crippen LogP contribution in [0.25, 0.3) is 0 Å². The Hall–Kier alpha value is -2.54. The van der Waals surface area contributed by atoms with Crippen LogP contribution in [0.2, 0.25) is 0 Å². The van der Waals surface area contributed by atoms with E-state index in [1.54, 1.807) is 12.1 Å². The minimum Gasteiger partial charge on any atom is -0.484 e. The van der Waals surface area contributed by atoms with Gasteiger partial charge in [0.2, 0.25) is 0 Å². The van der Waals surface area contributed by atoms with Gasteiger partial charge in [0.15, 0.2) is 6.61 Å². The Morgan fingerprint density at radius 3 is 2.00 bits per heavy atom. The van der Waals surface area contributed by atoms with Crippen LogP contribution < -0.4 is 14.8 Å². The van der Waals surface area contributed by atoms with E-state index in [4.69, 9.17) is 9.47 Å². The summed E-state index contributed by atoms with van der Waals surface area (Å²) >= 11 is 2.22. The summed E-state index contributed by atoms with van der Waals surface area (Å²) in [5.41, 5.74) is 1.94. The highest BCUT2D eigenvalue weighted by Crippen LogP contribution is 2.24. The van der Waals surface area contributed by atoms with Crippen LogP contribution in [0.3, 0.4) is 0 Å². The predicted molar refractivity (Wildman–Crippen MR) is 111 cm³/mol. The number of nitrogens with one attached hydrogen (secondary N) is 1. The molecule has 1 amide bonds. The number of hydrogen-bond donors (Lipinski definition) is 1. The van der Waals surface area contributed by atoms with Crippen LogP contribution in [0.5, 0.6) is 17.2 Å². The van der Waals surface area contributed by atoms with Crippen molar-refractivity contribution in [3.63, 3.8) is 0 Å². The van der Waals surface area contributed by atoms with Crippen molar-refractivity contribution in [2.75, 3.05) is 11.9 Å². The van der Waals surface area contributed by atoms with E-state index in [0.29, 0.717) is 11.5 Å². The van der Waals surface area contributed by atoms with Crippen molar-refractivity contribution in [3.8, 4) is 17.2 Å². The molecule has 0 saturated carbocycles. The van der Waals surface area contributed by atoms with Gasteiger partial charge in [0, 0.05) is 9.26 Å². The van der Waals surface area contributed by atoms with E-state index in [2.05, 4.69) is 27.9 Å². The summed E-state index contributed by atoms with van der Waals surface area (Å²) in [6, 6.07) is 22.6. The Bertz CT molecular complexity index is 859. The van der Waals surface area contributed by atoms with Crippen LogP contribution in [0, 0.1) is 10.5 Å². The van der Waals surface area contributed by atoms with Crippen LogP contribution in [-0.2, 0) is 4.79 Å². The first kappa shape index (κ1) is 18.3. The lowest BCUT2D eigenvalue weighted by atomic mass is 10.2. The maximum absolute atomic E-state index is 11.9. The fourth-order valence-electron chi connectivity index (χ4n) is 2.23. The van der Waals surface area contributed by atoms with Crippen LogP contribution in [-0.4, -0.2) is 12.5 Å². The lowest BCUT2D eigenvalue weighted by Crippen LogP contribution is -2.20. The molecule has 0 radical (unpaired) electrons. The zero-order valence-corrected chi connectivity index (χ0v) is 16.4. The predicted octanol–water partition coefficient (Wildman–Crippen LogP) is 5.41. The molecule has 0 saturated heterocycles. The maximum Gasteiger partial charge on any atom is 0.262 e. The zero-order chi connectivity index (χ0) is 18.4. The molecule has 3 aromatic rings. The number of ether oxygens (including phenoxy) is 2. The monoisotopic (exact) mass is 459 g/mol. The van der Waals surface area contributed by atoms with Gasteiger partial charge in [0.25, 0.3) is 5.91 Å². The molecule has 5 heteroatoms. The molecule has 0 heterocycles. The standard InChI is InChI=1S/C21H18INO3/c1-15-2-8-19(9-3-15)26-20-12-10-18(11-13-20)25-14-21(24)23-17-6-4-16(22)5-7-17/h2-13H,14H2,1H3,(H,23,24). The molecule has 3 aromatic carbocycles. The number of halogens is 1. The Balaban J connectivity index is 1.50. The van der Waals surface area contributed by atoms with Gasteiger partial charge in [-0.2, -0.15) is 0 Å². The molecule has 4 nitrogen and oxygen atoms in total. The van der Waals surface area contributed by atoms with Gasteiger partial charge in [-0.15, -0.1) is 0 Å². The first-order valence-corrected chi connectivity index (χ1v) is 9.19. The van der Waals surface area contributed by atoms with Gasteiger partial charge in [-0.25, -0.2) is 0 Å². The lowest BCUT2D eigenvalue weighted by molar-refractivity contribution is -0.118. The first-order chi connectivity index (χ1) is 12.6. The fraction of sp³-hybridized carbons (Fsp3) is 0.0952. The van der Waals surface area contributed by atoms with E-state index in [1.165, 1.54) is 5.56 Å². The maximum atomic E-state index is 11.9. The number of amides is 1. The molecular formula is C21H18INO3. The largest absolute Gasteiger partial charge is 0.484 e. The summed E-state index contributed by atoms with van der Waals surface area (Å²) in [7, 11) is 0. The highest BCUT2D eigenvalue weighted by atomic mass is 127. The summed E-state index contributed by atoms with van der Waals surface area (Å²) in [6.45, 7) is 1.98. The third-order valence-corrected chi connectivity index (χ3v) is 4.30. The summed E-state index contributed by atoms with van der Waals surface area (Å²) in [5.74, 6) is 1.90. The second-order valence-corrected chi connectivity index (χ2v) is 6.98. The van der Waals surface area contributed by atoms with Crippen molar-refractivity contribution in [2.24, 2.45) is 0 Å². The number of carbonyl (C=O) groups excluding carboxylic acids is 1. The molecule has 26 heavy (non-hydrogen) atoms. The minimum atomic E-state index is -0.203. The number of aryl methyl sites for hydroxylation is 1. The number of anilines is 1. The van der Waals surface area contributed by atoms with E-state index >= 15 is 0 Å². The second-order valence-electron chi connectivity index (χ2n) is 5.73. The molecule has 132 valence electrons. The molecule has 0 bridgehead atoms. The van der Waals surface area contributed by atoms with Crippen molar-refractivity contribution in [2.45, 2.75) is 6.92 Å². The first-order valence-electron chi connectivity index (χ1n) is 8.11.